The summed E-state index contributed by atoms with van der Waals surface area (Å²) >= 11 is 0. The Kier molecular flexibility index (Phi) is 11.6. The topological polar surface area (TPSA) is 84.6 Å². The van der Waals surface area contributed by atoms with E-state index in [1.165, 1.54) is 0 Å². The third-order valence-corrected chi connectivity index (χ3v) is 13.3. The second kappa shape index (κ2) is 19.0. The van der Waals surface area contributed by atoms with Gasteiger partial charge in [-0.3, -0.25) is 0 Å². The van der Waals surface area contributed by atoms with Crippen molar-refractivity contribution in [1.82, 2.24) is 24.5 Å². The Labute approximate surface area is 429 Å². The minimum atomic E-state index is -4.84. The Morgan fingerprint density at radius 2 is 0.800 bits per heavy atom. The Balaban J connectivity index is 1.25. The van der Waals surface area contributed by atoms with Crippen LogP contribution in [-0.4, -0.2) is 24.5 Å². The molecular weight excluding hydrogens is 936 g/mol. The number of rotatable bonds is 9. The highest BCUT2D eigenvalue weighted by molar-refractivity contribution is 6.13. The maximum atomic E-state index is 15.9. The summed E-state index contributed by atoms with van der Waals surface area (Å²) in [7, 11) is 0. The molecule has 354 valence electrons. The fourth-order valence-corrected chi connectivity index (χ4v) is 9.69. The molecule has 0 N–H and O–H groups in total. The molecule has 0 aliphatic heterocycles. The van der Waals surface area contributed by atoms with E-state index < -0.39 is 11.7 Å². The molecule has 0 atom stereocenters. The number of alkyl halides is 3. The maximum absolute atomic E-state index is 15.9. The first kappa shape index (κ1) is 45.8. The van der Waals surface area contributed by atoms with Gasteiger partial charge in [0, 0.05) is 44.2 Å². The second-order valence-corrected chi connectivity index (χ2v) is 18.0. The van der Waals surface area contributed by atoms with Gasteiger partial charge in [-0.05, 0) is 89.0 Å². The van der Waals surface area contributed by atoms with Crippen molar-refractivity contribution in [3.8, 4) is 102 Å². The Morgan fingerprint density at radius 3 is 1.20 bits per heavy atom. The van der Waals surface area contributed by atoms with Crippen molar-refractivity contribution in [1.29, 1.82) is 5.26 Å². The molecule has 0 amide bonds. The molecule has 0 saturated heterocycles. The van der Waals surface area contributed by atoms with Crippen LogP contribution in [0.4, 0.5) is 18.9 Å². The van der Waals surface area contributed by atoms with Gasteiger partial charge in [-0.1, -0.05) is 164 Å². The average Bonchev–Trinajstić information content (AvgIpc) is 3.81. The van der Waals surface area contributed by atoms with Crippen molar-refractivity contribution in [3.05, 3.63) is 253 Å². The lowest BCUT2D eigenvalue weighted by atomic mass is 9.98. The van der Waals surface area contributed by atoms with Crippen molar-refractivity contribution in [2.24, 2.45) is 0 Å². The monoisotopic (exact) mass is 973 g/mol. The van der Waals surface area contributed by atoms with Gasteiger partial charge in [-0.15, -0.1) is 0 Å². The molecular formula is C65H38F3N7. The van der Waals surface area contributed by atoms with E-state index in [-0.39, 0.29) is 22.8 Å². The minimum absolute atomic E-state index is 0.0487. The zero-order valence-corrected chi connectivity index (χ0v) is 39.7. The number of hydrogen-bond acceptors (Lipinski definition) is 5. The molecule has 0 unspecified atom stereocenters. The van der Waals surface area contributed by atoms with Crippen molar-refractivity contribution >= 4 is 27.5 Å². The first-order chi connectivity index (χ1) is 36.7. The molecule has 7 nitrogen and oxygen atoms in total. The van der Waals surface area contributed by atoms with Crippen LogP contribution in [0.25, 0.3) is 122 Å². The summed E-state index contributed by atoms with van der Waals surface area (Å²) in [6.07, 6.45) is -4.84. The molecule has 9 aromatic carbocycles. The number of halogens is 3. The predicted molar refractivity (Wildman–Crippen MR) is 291 cm³/mol. The van der Waals surface area contributed by atoms with Gasteiger partial charge in [0.2, 0.25) is 0 Å². The van der Waals surface area contributed by atoms with Gasteiger partial charge in [-0.25, -0.2) is 24.8 Å². The Bertz CT molecular complexity index is 3860. The van der Waals surface area contributed by atoms with Crippen LogP contribution in [0.2, 0.25) is 0 Å². The van der Waals surface area contributed by atoms with E-state index in [0.29, 0.717) is 50.7 Å². The molecule has 3 aromatic heterocycles. The van der Waals surface area contributed by atoms with Gasteiger partial charge in [0.1, 0.15) is 0 Å². The number of hydrogen-bond donors (Lipinski definition) is 0. The molecule has 0 aliphatic carbocycles. The van der Waals surface area contributed by atoms with E-state index in [1.54, 1.807) is 12.1 Å². The van der Waals surface area contributed by atoms with Crippen molar-refractivity contribution in [2.45, 2.75) is 6.18 Å². The SMILES string of the molecule is [C-]#[N+]c1cccc(-c2ccc3c(c2)c2cc(-c4cccc(C#N)c4)ccc2n3-c2c(-c3nc(-c4ccccc4)cc(-c4ccccc4)n3)cc(C(F)(F)F)cc2-c2nc(-c3ccccc3)cc(-c3ccccc3)n2)c1. The van der Waals surface area contributed by atoms with Crippen LogP contribution >= 0.6 is 0 Å². The third kappa shape index (κ3) is 8.84. The molecule has 0 saturated carbocycles. The fourth-order valence-electron chi connectivity index (χ4n) is 9.69. The smallest absolute Gasteiger partial charge is 0.308 e. The Morgan fingerprint density at radius 1 is 0.413 bits per heavy atom. The largest absolute Gasteiger partial charge is 0.416 e. The van der Waals surface area contributed by atoms with E-state index in [4.69, 9.17) is 26.5 Å². The summed E-state index contributed by atoms with van der Waals surface area (Å²) in [5.74, 6) is 0.0974. The van der Waals surface area contributed by atoms with E-state index in [2.05, 4.69) is 17.0 Å². The first-order valence-electron chi connectivity index (χ1n) is 24.0. The molecule has 0 aliphatic rings. The van der Waals surface area contributed by atoms with Crippen molar-refractivity contribution in [3.63, 3.8) is 0 Å². The summed E-state index contributed by atoms with van der Waals surface area (Å²) in [5, 5.41) is 11.5. The molecule has 3 heterocycles. The first-order valence-corrected chi connectivity index (χ1v) is 24.0. The fraction of sp³-hybridized carbons (Fsp3) is 0.0154. The molecule has 0 fully saturated rings. The molecule has 10 heteroatoms. The summed E-state index contributed by atoms with van der Waals surface area (Å²) in [4.78, 5) is 24.4. The highest BCUT2D eigenvalue weighted by atomic mass is 19.4. The summed E-state index contributed by atoms with van der Waals surface area (Å²) in [5.41, 5.74) is 10.2. The molecule has 0 spiro atoms. The van der Waals surface area contributed by atoms with Crippen molar-refractivity contribution in [2.75, 3.05) is 0 Å². The van der Waals surface area contributed by atoms with Gasteiger partial charge in [-0.2, -0.15) is 18.4 Å². The zero-order valence-electron chi connectivity index (χ0n) is 39.7. The summed E-state index contributed by atoms with van der Waals surface area (Å²) < 4.78 is 49.8. The van der Waals surface area contributed by atoms with Crippen LogP contribution in [0.3, 0.4) is 0 Å². The van der Waals surface area contributed by atoms with Gasteiger partial charge in [0.25, 0.3) is 0 Å². The molecule has 75 heavy (non-hydrogen) atoms. The van der Waals surface area contributed by atoms with Crippen LogP contribution in [0.15, 0.2) is 231 Å². The standard InChI is InChI=1S/C65H38F3N7/c1-70-51-27-15-26-47(33-51)49-29-31-61-53(35-49)52-34-48(46-25-14-16-41(32-46)40-69)28-30-60(52)75(61)62-54(63-71-56(42-17-6-2-7-18-42)38-57(72-63)43-19-8-3-9-20-43)36-50(65(66,67)68)37-55(62)64-73-58(44-21-10-4-11-22-44)39-59(74-64)45-23-12-5-13-24-45/h2-39H. The molecule has 0 radical (unpaired) electrons. The highest BCUT2D eigenvalue weighted by Gasteiger charge is 2.35. The third-order valence-electron chi connectivity index (χ3n) is 13.3. The van der Waals surface area contributed by atoms with Gasteiger partial charge >= 0.3 is 6.18 Å². The second-order valence-electron chi connectivity index (χ2n) is 18.0. The minimum Gasteiger partial charge on any atom is -0.308 e. The van der Waals surface area contributed by atoms with E-state index in [9.17, 15) is 5.26 Å². The number of benzene rings is 9. The quantitative estimate of drug-likeness (QED) is 0.135. The van der Waals surface area contributed by atoms with Crippen LogP contribution in [0.5, 0.6) is 0 Å². The summed E-state index contributed by atoms with van der Waals surface area (Å²) in [6, 6.07) is 73.0. The van der Waals surface area contributed by atoms with Crippen LogP contribution in [-0.2, 0) is 6.18 Å². The predicted octanol–water partition coefficient (Wildman–Crippen LogP) is 17.1. The molecule has 12 rings (SSSR count). The van der Waals surface area contributed by atoms with Crippen LogP contribution in [0.1, 0.15) is 11.1 Å². The van der Waals surface area contributed by atoms with Gasteiger partial charge < -0.3 is 4.57 Å². The number of fused-ring (bicyclic) bond motifs is 3. The van der Waals surface area contributed by atoms with Gasteiger partial charge in [0.15, 0.2) is 17.3 Å². The zero-order chi connectivity index (χ0) is 51.0. The lowest BCUT2D eigenvalue weighted by Gasteiger charge is -2.21. The van der Waals surface area contributed by atoms with Crippen LogP contribution < -0.4 is 0 Å². The normalized spacial score (nSPS) is 11.4. The van der Waals surface area contributed by atoms with Crippen molar-refractivity contribution < 1.29 is 13.2 Å². The number of nitriles is 1. The number of aromatic nitrogens is 5. The van der Waals surface area contributed by atoms with E-state index in [0.717, 1.165) is 67.4 Å². The number of nitrogens with zero attached hydrogens (tertiary/aromatic N) is 7. The average molecular weight is 974 g/mol. The Hall–Kier alpha value is -10.3. The molecule has 0 bridgehead atoms. The van der Waals surface area contributed by atoms with E-state index in [1.807, 2.05) is 205 Å². The maximum Gasteiger partial charge on any atom is 0.416 e. The van der Waals surface area contributed by atoms with Crippen LogP contribution in [0, 0.1) is 17.9 Å². The van der Waals surface area contributed by atoms with E-state index >= 15 is 13.2 Å². The summed E-state index contributed by atoms with van der Waals surface area (Å²) in [6.45, 7) is 7.77. The highest BCUT2D eigenvalue weighted by Crippen LogP contribution is 2.46. The lowest BCUT2D eigenvalue weighted by molar-refractivity contribution is -0.137. The lowest BCUT2D eigenvalue weighted by Crippen LogP contribution is -2.11. The molecule has 12 aromatic rings. The van der Waals surface area contributed by atoms with Gasteiger partial charge in [0.05, 0.1) is 63.3 Å².